The highest BCUT2D eigenvalue weighted by molar-refractivity contribution is 5.36. The zero-order valence-electron chi connectivity index (χ0n) is 6.68. The van der Waals surface area contributed by atoms with Crippen molar-refractivity contribution in [1.29, 1.82) is 0 Å². The Morgan fingerprint density at radius 2 is 2.00 bits per heavy atom. The molecule has 0 saturated heterocycles. The molecule has 0 aliphatic heterocycles. The number of nitrogens with zero attached hydrogens (tertiary/aromatic N) is 6. The Kier molecular flexibility index (Phi) is 1.36. The van der Waals surface area contributed by atoms with Crippen LogP contribution < -0.4 is 5.32 Å². The Labute approximate surface area is 67.8 Å². The highest BCUT2D eigenvalue weighted by Gasteiger charge is 2.06. The molecule has 0 aliphatic rings. The molecule has 2 rings (SSSR count). The van der Waals surface area contributed by atoms with Crippen LogP contribution in [0.15, 0.2) is 0 Å². The van der Waals surface area contributed by atoms with Crippen molar-refractivity contribution in [3.05, 3.63) is 5.82 Å². The van der Waals surface area contributed by atoms with E-state index in [1.807, 2.05) is 6.92 Å². The first-order valence-electron chi connectivity index (χ1n) is 3.42. The van der Waals surface area contributed by atoms with Crippen LogP contribution in [-0.2, 0) is 0 Å². The fraction of sp³-hybridized carbons (Fsp3) is 0.400. The van der Waals surface area contributed by atoms with Crippen molar-refractivity contribution in [2.24, 2.45) is 0 Å². The summed E-state index contributed by atoms with van der Waals surface area (Å²) in [4.78, 5) is 0. The van der Waals surface area contributed by atoms with Crippen LogP contribution in [0.5, 0.6) is 0 Å². The Morgan fingerprint density at radius 1 is 1.17 bits per heavy atom. The van der Waals surface area contributed by atoms with Crippen LogP contribution in [-0.4, -0.2) is 37.1 Å². The van der Waals surface area contributed by atoms with Gasteiger partial charge in [0.1, 0.15) is 5.82 Å². The number of rotatable bonds is 1. The van der Waals surface area contributed by atoms with Gasteiger partial charge in [-0.3, -0.25) is 0 Å². The van der Waals surface area contributed by atoms with Gasteiger partial charge in [0.05, 0.1) is 0 Å². The Morgan fingerprint density at radius 3 is 2.75 bits per heavy atom. The van der Waals surface area contributed by atoms with Gasteiger partial charge < -0.3 is 5.32 Å². The summed E-state index contributed by atoms with van der Waals surface area (Å²) in [5, 5.41) is 21.5. The molecule has 0 unspecified atom stereocenters. The molecule has 0 aliphatic carbocycles. The molecule has 7 nitrogen and oxygen atoms in total. The minimum atomic E-state index is 0.451. The average molecular weight is 165 g/mol. The molecule has 12 heavy (non-hydrogen) atoms. The maximum atomic E-state index is 3.83. The van der Waals surface area contributed by atoms with Crippen molar-refractivity contribution in [2.75, 3.05) is 12.4 Å². The third kappa shape index (κ3) is 0.792. The van der Waals surface area contributed by atoms with Crippen LogP contribution in [0.2, 0.25) is 0 Å². The molecule has 0 fully saturated rings. The number of hydrogen-bond acceptors (Lipinski definition) is 6. The molecule has 0 spiro atoms. The van der Waals surface area contributed by atoms with E-state index in [2.05, 4.69) is 30.9 Å². The van der Waals surface area contributed by atoms with Crippen molar-refractivity contribution < 1.29 is 0 Å². The first-order chi connectivity index (χ1) is 5.83. The molecule has 2 aromatic rings. The van der Waals surface area contributed by atoms with E-state index >= 15 is 0 Å². The lowest BCUT2D eigenvalue weighted by atomic mass is 10.7. The predicted octanol–water partition coefficient (Wildman–Crippen LogP) is -0.736. The van der Waals surface area contributed by atoms with Gasteiger partial charge in [0.2, 0.25) is 5.95 Å². The van der Waals surface area contributed by atoms with Gasteiger partial charge in [0.25, 0.3) is 5.78 Å². The predicted molar refractivity (Wildman–Crippen MR) is 40.7 cm³/mol. The first kappa shape index (κ1) is 6.89. The molecule has 0 bridgehead atoms. The first-order valence-corrected chi connectivity index (χ1v) is 3.42. The molecule has 0 amide bonds. The van der Waals surface area contributed by atoms with Crippen molar-refractivity contribution in [3.8, 4) is 0 Å². The zero-order chi connectivity index (χ0) is 8.55. The summed E-state index contributed by atoms with van der Waals surface area (Å²) >= 11 is 0. The number of fused-ring (bicyclic) bond motifs is 1. The lowest BCUT2D eigenvalue weighted by Gasteiger charge is -1.99. The second-order valence-electron chi connectivity index (χ2n) is 2.25. The smallest absolute Gasteiger partial charge is 0.278 e. The molecule has 7 heteroatoms. The monoisotopic (exact) mass is 165 g/mol. The van der Waals surface area contributed by atoms with Crippen LogP contribution >= 0.6 is 0 Å². The van der Waals surface area contributed by atoms with Gasteiger partial charge in [0, 0.05) is 7.05 Å². The highest BCUT2D eigenvalue weighted by atomic mass is 15.5. The molecule has 2 aromatic heterocycles. The molecule has 0 radical (unpaired) electrons. The number of hydrogen-bond donors (Lipinski definition) is 1. The molecule has 62 valence electrons. The van der Waals surface area contributed by atoms with E-state index < -0.39 is 0 Å². The highest BCUT2D eigenvalue weighted by Crippen LogP contribution is 2.04. The van der Waals surface area contributed by atoms with Crippen molar-refractivity contribution in [2.45, 2.75) is 6.92 Å². The van der Waals surface area contributed by atoms with E-state index in [0.29, 0.717) is 11.7 Å². The van der Waals surface area contributed by atoms with E-state index in [1.165, 1.54) is 0 Å². The third-order valence-electron chi connectivity index (χ3n) is 1.52. The Balaban J connectivity index is 2.84. The van der Waals surface area contributed by atoms with Crippen LogP contribution in [0.1, 0.15) is 5.82 Å². The van der Waals surface area contributed by atoms with Gasteiger partial charge in [-0.2, -0.15) is 0 Å². The molecule has 0 saturated carbocycles. The van der Waals surface area contributed by atoms with Gasteiger partial charge in [-0.25, -0.2) is 4.40 Å². The number of aryl methyl sites for hydroxylation is 1. The van der Waals surface area contributed by atoms with Crippen molar-refractivity contribution in [1.82, 2.24) is 30.0 Å². The summed E-state index contributed by atoms with van der Waals surface area (Å²) in [6.07, 6.45) is 0. The summed E-state index contributed by atoms with van der Waals surface area (Å²) in [6, 6.07) is 0. The second-order valence-corrected chi connectivity index (χ2v) is 2.25. The topological polar surface area (TPSA) is 80.9 Å². The largest absolute Gasteiger partial charge is 0.357 e. The van der Waals surface area contributed by atoms with E-state index in [0.717, 1.165) is 5.82 Å². The lowest BCUT2D eigenvalue weighted by molar-refractivity contribution is 0.818. The average Bonchev–Trinajstić information content (AvgIpc) is 2.48. The van der Waals surface area contributed by atoms with E-state index in [1.54, 1.807) is 11.4 Å². The molecule has 0 atom stereocenters. The van der Waals surface area contributed by atoms with E-state index in [-0.39, 0.29) is 0 Å². The molecule has 0 aromatic carbocycles. The molecular weight excluding hydrogens is 158 g/mol. The van der Waals surface area contributed by atoms with Gasteiger partial charge in [-0.05, 0) is 12.1 Å². The maximum Gasteiger partial charge on any atom is 0.278 e. The van der Waals surface area contributed by atoms with Crippen LogP contribution in [0.4, 0.5) is 5.95 Å². The van der Waals surface area contributed by atoms with Crippen LogP contribution in [0.25, 0.3) is 5.78 Å². The summed E-state index contributed by atoms with van der Waals surface area (Å²) in [7, 11) is 1.75. The molecule has 2 heterocycles. The summed E-state index contributed by atoms with van der Waals surface area (Å²) < 4.78 is 1.69. The Bertz CT molecular complexity index is 405. The van der Waals surface area contributed by atoms with Crippen LogP contribution in [0.3, 0.4) is 0 Å². The molecular formula is C5H7N7. The number of nitrogens with one attached hydrogen (secondary N) is 1. The van der Waals surface area contributed by atoms with Gasteiger partial charge in [-0.1, -0.05) is 10.2 Å². The standard InChI is InChI=1S/C5H7N7/c1-3-7-8-5-10-11-9-4(6-2)12(3)5/h1-2H3,(H,6,8,9,10). The number of aromatic nitrogens is 6. The third-order valence-corrected chi connectivity index (χ3v) is 1.52. The van der Waals surface area contributed by atoms with Crippen LogP contribution in [0, 0.1) is 6.92 Å². The minimum absolute atomic E-state index is 0.451. The normalized spacial score (nSPS) is 10.5. The quantitative estimate of drug-likeness (QED) is 0.599. The maximum absolute atomic E-state index is 3.83. The summed E-state index contributed by atoms with van der Waals surface area (Å²) in [5.41, 5.74) is 0. The SMILES string of the molecule is CNc1nnnc2nnc(C)n12. The Hall–Kier alpha value is -1.79. The summed E-state index contributed by atoms with van der Waals surface area (Å²) in [6.45, 7) is 1.82. The fourth-order valence-corrected chi connectivity index (χ4v) is 0.975. The van der Waals surface area contributed by atoms with Gasteiger partial charge in [0.15, 0.2) is 0 Å². The summed E-state index contributed by atoms with van der Waals surface area (Å²) in [5.74, 6) is 1.77. The van der Waals surface area contributed by atoms with Gasteiger partial charge in [-0.15, -0.1) is 10.2 Å². The fourth-order valence-electron chi connectivity index (χ4n) is 0.975. The van der Waals surface area contributed by atoms with E-state index in [4.69, 9.17) is 0 Å². The zero-order valence-corrected chi connectivity index (χ0v) is 6.68. The van der Waals surface area contributed by atoms with Gasteiger partial charge >= 0.3 is 0 Å². The second kappa shape index (κ2) is 2.36. The number of anilines is 1. The van der Waals surface area contributed by atoms with E-state index in [9.17, 15) is 0 Å². The van der Waals surface area contributed by atoms with Crippen molar-refractivity contribution >= 4 is 11.7 Å². The lowest BCUT2D eigenvalue weighted by Crippen LogP contribution is -2.05. The van der Waals surface area contributed by atoms with Crippen molar-refractivity contribution in [3.63, 3.8) is 0 Å². The molecule has 1 N–H and O–H groups in total. The minimum Gasteiger partial charge on any atom is -0.357 e.